The summed E-state index contributed by atoms with van der Waals surface area (Å²) in [7, 11) is -3.79. The zero-order chi connectivity index (χ0) is 11.6. The molecule has 15 heavy (non-hydrogen) atoms. The lowest BCUT2D eigenvalue weighted by atomic mass is 10.2. The summed E-state index contributed by atoms with van der Waals surface area (Å²) in [6, 6.07) is 4.38. The lowest BCUT2D eigenvalue weighted by Gasteiger charge is -2.06. The fourth-order valence-corrected chi connectivity index (χ4v) is 2.55. The van der Waals surface area contributed by atoms with Crippen LogP contribution in [0.3, 0.4) is 0 Å². The number of benzene rings is 1. The molecule has 0 aromatic heterocycles. The summed E-state index contributed by atoms with van der Waals surface area (Å²) >= 11 is 0. The Balaban J connectivity index is 3.26. The number of nitrogens with two attached hydrogens (primary N) is 1. The number of carbonyl (C=O) groups is 1. The Labute approximate surface area is 87.4 Å². The minimum atomic E-state index is -3.79. The van der Waals surface area contributed by atoms with Gasteiger partial charge >= 0.3 is 5.97 Å². The summed E-state index contributed by atoms with van der Waals surface area (Å²) in [4.78, 5) is 10.4. The van der Waals surface area contributed by atoms with E-state index in [2.05, 4.69) is 0 Å². The molecule has 1 aromatic rings. The van der Waals surface area contributed by atoms with Gasteiger partial charge in [0.05, 0.1) is 4.90 Å². The number of anilines is 1. The third kappa shape index (κ3) is 2.69. The van der Waals surface area contributed by atoms with Crippen molar-refractivity contribution in [1.29, 1.82) is 0 Å². The fourth-order valence-electron chi connectivity index (χ4n) is 1.19. The molecule has 0 spiro atoms. The normalized spacial score (nSPS) is 11.3. The van der Waals surface area contributed by atoms with Crippen molar-refractivity contribution in [2.24, 2.45) is 0 Å². The van der Waals surface area contributed by atoms with E-state index >= 15 is 0 Å². The quantitative estimate of drug-likeness (QED) is 0.733. The summed E-state index contributed by atoms with van der Waals surface area (Å²) < 4.78 is 23.2. The topological polar surface area (TPSA) is 97.5 Å². The van der Waals surface area contributed by atoms with Gasteiger partial charge in [0.1, 0.15) is 0 Å². The van der Waals surface area contributed by atoms with Crippen molar-refractivity contribution in [1.82, 2.24) is 0 Å². The lowest BCUT2D eigenvalue weighted by Crippen LogP contribution is -2.16. The molecule has 1 aromatic carbocycles. The molecule has 0 fully saturated rings. The van der Waals surface area contributed by atoms with Crippen LogP contribution in [0.5, 0.6) is 0 Å². The largest absolute Gasteiger partial charge is 0.480 e. The van der Waals surface area contributed by atoms with Gasteiger partial charge in [-0.25, -0.2) is 8.42 Å². The van der Waals surface area contributed by atoms with E-state index in [0.717, 1.165) is 0 Å². The number of sulfone groups is 1. The van der Waals surface area contributed by atoms with E-state index in [0.29, 0.717) is 11.3 Å². The summed E-state index contributed by atoms with van der Waals surface area (Å²) in [5.41, 5.74) is 6.23. The van der Waals surface area contributed by atoms with E-state index in [1.54, 1.807) is 19.1 Å². The van der Waals surface area contributed by atoms with E-state index in [1.165, 1.54) is 6.07 Å². The number of carboxylic acid groups (broad SMARTS) is 1. The minimum Gasteiger partial charge on any atom is -0.480 e. The molecule has 0 unspecified atom stereocenters. The van der Waals surface area contributed by atoms with E-state index < -0.39 is 21.6 Å². The number of nitrogen functional groups attached to an aromatic ring is 1. The average Bonchev–Trinajstić information content (AvgIpc) is 2.06. The standard InChI is InChI=1S/C9H11NO4S/c1-6-2-3-7(10)4-8(6)15(13,14)5-9(11)12/h2-4H,5,10H2,1H3,(H,11,12). The van der Waals surface area contributed by atoms with Crippen molar-refractivity contribution in [2.75, 3.05) is 11.5 Å². The fraction of sp³-hybridized carbons (Fsp3) is 0.222. The van der Waals surface area contributed by atoms with Crippen LogP contribution >= 0.6 is 0 Å². The first kappa shape index (κ1) is 11.5. The van der Waals surface area contributed by atoms with Crippen molar-refractivity contribution in [3.05, 3.63) is 23.8 Å². The third-order valence-electron chi connectivity index (χ3n) is 1.86. The highest BCUT2D eigenvalue weighted by Gasteiger charge is 2.20. The zero-order valence-corrected chi connectivity index (χ0v) is 8.91. The Kier molecular flexibility index (Phi) is 2.99. The molecule has 0 heterocycles. The maximum absolute atomic E-state index is 11.6. The molecule has 0 saturated heterocycles. The summed E-state index contributed by atoms with van der Waals surface area (Å²) in [6.45, 7) is 1.59. The molecule has 5 nitrogen and oxygen atoms in total. The van der Waals surface area contributed by atoms with Crippen molar-refractivity contribution >= 4 is 21.5 Å². The van der Waals surface area contributed by atoms with E-state index in [-0.39, 0.29) is 4.90 Å². The Bertz CT molecular complexity index is 493. The van der Waals surface area contributed by atoms with Crippen LogP contribution in [0.15, 0.2) is 23.1 Å². The average molecular weight is 229 g/mol. The molecule has 0 aliphatic rings. The molecule has 0 atom stereocenters. The lowest BCUT2D eigenvalue weighted by molar-refractivity contribution is -0.134. The number of aryl methyl sites for hydroxylation is 1. The molecule has 0 aliphatic heterocycles. The highest BCUT2D eigenvalue weighted by Crippen LogP contribution is 2.19. The van der Waals surface area contributed by atoms with E-state index in [1.807, 2.05) is 0 Å². The van der Waals surface area contributed by atoms with Crippen LogP contribution in [0.1, 0.15) is 5.56 Å². The smallest absolute Gasteiger partial charge is 0.319 e. The van der Waals surface area contributed by atoms with E-state index in [4.69, 9.17) is 10.8 Å². The van der Waals surface area contributed by atoms with Gasteiger partial charge in [0.15, 0.2) is 15.6 Å². The Morgan fingerprint density at radius 1 is 1.47 bits per heavy atom. The Morgan fingerprint density at radius 2 is 2.07 bits per heavy atom. The first-order chi connectivity index (χ1) is 6.83. The number of aliphatic carboxylic acids is 1. The molecule has 0 aliphatic carbocycles. The van der Waals surface area contributed by atoms with Gasteiger partial charge in [-0.15, -0.1) is 0 Å². The number of hydrogen-bond acceptors (Lipinski definition) is 4. The zero-order valence-electron chi connectivity index (χ0n) is 8.10. The van der Waals surface area contributed by atoms with E-state index in [9.17, 15) is 13.2 Å². The van der Waals surface area contributed by atoms with Gasteiger partial charge in [0, 0.05) is 5.69 Å². The summed E-state index contributed by atoms with van der Waals surface area (Å²) in [5, 5.41) is 8.46. The number of rotatable bonds is 3. The summed E-state index contributed by atoms with van der Waals surface area (Å²) in [5.74, 6) is -2.30. The van der Waals surface area contributed by atoms with Crippen LogP contribution < -0.4 is 5.73 Å². The van der Waals surface area contributed by atoms with Crippen LogP contribution in [0.25, 0.3) is 0 Å². The second-order valence-corrected chi connectivity index (χ2v) is 5.14. The van der Waals surface area contributed by atoms with Crippen LogP contribution in [-0.2, 0) is 14.6 Å². The predicted molar refractivity (Wildman–Crippen MR) is 55.3 cm³/mol. The molecule has 0 bridgehead atoms. The molecular weight excluding hydrogens is 218 g/mol. The van der Waals surface area contributed by atoms with Gasteiger partial charge in [0.25, 0.3) is 0 Å². The van der Waals surface area contributed by atoms with Crippen molar-refractivity contribution in [3.8, 4) is 0 Å². The maximum Gasteiger partial charge on any atom is 0.319 e. The third-order valence-corrected chi connectivity index (χ3v) is 3.60. The Morgan fingerprint density at radius 3 is 2.60 bits per heavy atom. The van der Waals surface area contributed by atoms with Gasteiger partial charge in [-0.2, -0.15) is 0 Å². The molecule has 3 N–H and O–H groups in total. The molecule has 1 rings (SSSR count). The van der Waals surface area contributed by atoms with Crippen LogP contribution in [-0.4, -0.2) is 25.2 Å². The second-order valence-electron chi connectivity index (χ2n) is 3.18. The van der Waals surface area contributed by atoms with Crippen molar-refractivity contribution in [3.63, 3.8) is 0 Å². The first-order valence-electron chi connectivity index (χ1n) is 4.13. The predicted octanol–water partition coefficient (Wildman–Crippen LogP) is 0.436. The van der Waals surface area contributed by atoms with Gasteiger partial charge in [0.2, 0.25) is 0 Å². The molecule has 6 heteroatoms. The van der Waals surface area contributed by atoms with Crippen molar-refractivity contribution in [2.45, 2.75) is 11.8 Å². The first-order valence-corrected chi connectivity index (χ1v) is 5.79. The van der Waals surface area contributed by atoms with Crippen LogP contribution in [0, 0.1) is 6.92 Å². The monoisotopic (exact) mass is 229 g/mol. The summed E-state index contributed by atoms with van der Waals surface area (Å²) in [6.07, 6.45) is 0. The van der Waals surface area contributed by atoms with Crippen LogP contribution in [0.4, 0.5) is 5.69 Å². The number of hydrogen-bond donors (Lipinski definition) is 2. The van der Waals surface area contributed by atoms with Gasteiger partial charge in [-0.1, -0.05) is 6.07 Å². The highest BCUT2D eigenvalue weighted by atomic mass is 32.2. The highest BCUT2D eigenvalue weighted by molar-refractivity contribution is 7.92. The molecule has 82 valence electrons. The second kappa shape index (κ2) is 3.90. The van der Waals surface area contributed by atoms with Gasteiger partial charge in [-0.05, 0) is 24.6 Å². The number of carboxylic acids is 1. The molecule has 0 amide bonds. The SMILES string of the molecule is Cc1ccc(N)cc1S(=O)(=O)CC(=O)O. The molecule has 0 radical (unpaired) electrons. The Hall–Kier alpha value is -1.56. The molecular formula is C9H11NO4S. The van der Waals surface area contributed by atoms with Gasteiger partial charge in [-0.3, -0.25) is 4.79 Å². The van der Waals surface area contributed by atoms with Crippen LogP contribution in [0.2, 0.25) is 0 Å². The molecule has 0 saturated carbocycles. The van der Waals surface area contributed by atoms with Crippen molar-refractivity contribution < 1.29 is 18.3 Å². The van der Waals surface area contributed by atoms with Gasteiger partial charge < -0.3 is 10.8 Å². The maximum atomic E-state index is 11.6. The minimum absolute atomic E-state index is 0.0232.